The van der Waals surface area contributed by atoms with E-state index in [0.717, 1.165) is 19.3 Å². The molecule has 1 aliphatic heterocycles. The highest BCUT2D eigenvalue weighted by atomic mass is 16.5. The van der Waals surface area contributed by atoms with Crippen LogP contribution < -0.4 is 5.32 Å². The van der Waals surface area contributed by atoms with Gasteiger partial charge in [-0.25, -0.2) is 0 Å². The Hall–Kier alpha value is -0.120. The summed E-state index contributed by atoms with van der Waals surface area (Å²) in [6.07, 6.45) is 5.19. The molecule has 1 aliphatic carbocycles. The van der Waals surface area contributed by atoms with Crippen LogP contribution in [0.25, 0.3) is 0 Å². The Kier molecular flexibility index (Phi) is 3.65. The molecule has 0 atom stereocenters. The minimum Gasteiger partial charge on any atom is -0.381 e. The van der Waals surface area contributed by atoms with E-state index in [9.17, 15) is 0 Å². The van der Waals surface area contributed by atoms with Crippen molar-refractivity contribution < 1.29 is 4.74 Å². The van der Waals surface area contributed by atoms with E-state index < -0.39 is 0 Å². The van der Waals surface area contributed by atoms with Gasteiger partial charge in [0.25, 0.3) is 0 Å². The first-order valence-corrected chi connectivity index (χ1v) is 6.16. The maximum Gasteiger partial charge on any atom is 0.0472 e. The van der Waals surface area contributed by atoms with Crippen LogP contribution in [0.5, 0.6) is 0 Å². The standard InChI is InChI=1S/C12H24N2O/c1-14(2)10-12(5-7-15-8-6-12)9-13-11-3-4-11/h11,13H,3-10H2,1-2H3. The number of rotatable bonds is 5. The van der Waals surface area contributed by atoms with Crippen LogP contribution in [0.15, 0.2) is 0 Å². The first kappa shape index (κ1) is 11.4. The second-order valence-electron chi connectivity index (χ2n) is 5.51. The Bertz CT molecular complexity index is 196. The SMILES string of the molecule is CN(C)CC1(CNC2CC2)CCOCC1. The highest BCUT2D eigenvalue weighted by Gasteiger charge is 2.34. The second kappa shape index (κ2) is 4.81. The summed E-state index contributed by atoms with van der Waals surface area (Å²) in [6.45, 7) is 4.26. The highest BCUT2D eigenvalue weighted by Crippen LogP contribution is 2.31. The molecule has 2 aliphatic rings. The summed E-state index contributed by atoms with van der Waals surface area (Å²) in [7, 11) is 4.35. The third kappa shape index (κ3) is 3.44. The normalized spacial score (nSPS) is 25.8. The van der Waals surface area contributed by atoms with Crippen LogP contribution in [0.2, 0.25) is 0 Å². The fourth-order valence-electron chi connectivity index (χ4n) is 2.51. The molecule has 0 aromatic rings. The Labute approximate surface area is 93.2 Å². The Morgan fingerprint density at radius 2 is 1.93 bits per heavy atom. The minimum absolute atomic E-state index is 0.463. The quantitative estimate of drug-likeness (QED) is 0.738. The van der Waals surface area contributed by atoms with E-state index >= 15 is 0 Å². The Balaban J connectivity index is 1.86. The lowest BCUT2D eigenvalue weighted by Crippen LogP contribution is -2.46. The van der Waals surface area contributed by atoms with Crippen LogP contribution in [-0.2, 0) is 4.74 Å². The van der Waals surface area contributed by atoms with Crippen LogP contribution in [-0.4, -0.2) is 51.3 Å². The molecule has 1 N–H and O–H groups in total. The van der Waals surface area contributed by atoms with Crippen LogP contribution >= 0.6 is 0 Å². The molecule has 0 spiro atoms. The number of hydrogen-bond acceptors (Lipinski definition) is 3. The zero-order chi connectivity index (χ0) is 10.7. The molecule has 1 heterocycles. The van der Waals surface area contributed by atoms with Crippen molar-refractivity contribution in [2.75, 3.05) is 40.4 Å². The first-order chi connectivity index (χ1) is 7.20. The fraction of sp³-hybridized carbons (Fsp3) is 1.00. The molecule has 3 nitrogen and oxygen atoms in total. The van der Waals surface area contributed by atoms with E-state index in [1.807, 2.05) is 0 Å². The van der Waals surface area contributed by atoms with Gasteiger partial charge in [0.15, 0.2) is 0 Å². The van der Waals surface area contributed by atoms with E-state index in [0.29, 0.717) is 5.41 Å². The second-order valence-corrected chi connectivity index (χ2v) is 5.51. The van der Waals surface area contributed by atoms with E-state index in [2.05, 4.69) is 24.3 Å². The summed E-state index contributed by atoms with van der Waals surface area (Å²) < 4.78 is 5.48. The molecule has 88 valence electrons. The topological polar surface area (TPSA) is 24.5 Å². The van der Waals surface area contributed by atoms with E-state index in [1.54, 1.807) is 0 Å². The maximum absolute atomic E-state index is 5.48. The number of hydrogen-bond donors (Lipinski definition) is 1. The molecule has 0 aromatic heterocycles. The highest BCUT2D eigenvalue weighted by molar-refractivity contribution is 4.90. The molecule has 0 radical (unpaired) electrons. The molecule has 0 bridgehead atoms. The molecule has 2 rings (SSSR count). The van der Waals surface area contributed by atoms with Gasteiger partial charge in [0.2, 0.25) is 0 Å². The average Bonchev–Trinajstić information content (AvgIpc) is 2.99. The van der Waals surface area contributed by atoms with Crippen molar-refractivity contribution >= 4 is 0 Å². The summed E-state index contributed by atoms with van der Waals surface area (Å²) >= 11 is 0. The molecule has 0 amide bonds. The van der Waals surface area contributed by atoms with Crippen molar-refractivity contribution in [3.63, 3.8) is 0 Å². The molecule has 2 fully saturated rings. The molecule has 3 heteroatoms. The Morgan fingerprint density at radius 3 is 2.47 bits per heavy atom. The summed E-state index contributed by atoms with van der Waals surface area (Å²) in [5.41, 5.74) is 0.463. The number of nitrogens with one attached hydrogen (secondary N) is 1. The van der Waals surface area contributed by atoms with Crippen molar-refractivity contribution in [1.82, 2.24) is 10.2 Å². The number of ether oxygens (including phenoxy) is 1. The predicted octanol–water partition coefficient (Wildman–Crippen LogP) is 1.10. The molecule has 0 aromatic carbocycles. The van der Waals surface area contributed by atoms with Gasteiger partial charge in [-0.3, -0.25) is 0 Å². The molecule has 1 saturated heterocycles. The molecular weight excluding hydrogens is 188 g/mol. The van der Waals surface area contributed by atoms with Gasteiger partial charge in [-0.2, -0.15) is 0 Å². The van der Waals surface area contributed by atoms with Gasteiger partial charge in [-0.1, -0.05) is 0 Å². The molecule has 0 unspecified atom stereocenters. The van der Waals surface area contributed by atoms with Crippen molar-refractivity contribution in [2.45, 2.75) is 31.7 Å². The van der Waals surface area contributed by atoms with Gasteiger partial charge in [0.05, 0.1) is 0 Å². The van der Waals surface area contributed by atoms with E-state index in [1.165, 1.54) is 38.8 Å². The van der Waals surface area contributed by atoms with Crippen LogP contribution in [0.4, 0.5) is 0 Å². The van der Waals surface area contributed by atoms with Gasteiger partial charge in [0, 0.05) is 32.3 Å². The van der Waals surface area contributed by atoms with Gasteiger partial charge < -0.3 is 15.0 Å². The third-order valence-electron chi connectivity index (χ3n) is 3.55. The summed E-state index contributed by atoms with van der Waals surface area (Å²) in [6, 6.07) is 0.826. The summed E-state index contributed by atoms with van der Waals surface area (Å²) in [5.74, 6) is 0. The van der Waals surface area contributed by atoms with Gasteiger partial charge in [0.1, 0.15) is 0 Å². The smallest absolute Gasteiger partial charge is 0.0472 e. The third-order valence-corrected chi connectivity index (χ3v) is 3.55. The van der Waals surface area contributed by atoms with Crippen molar-refractivity contribution in [1.29, 1.82) is 0 Å². The summed E-state index contributed by atoms with van der Waals surface area (Å²) in [4.78, 5) is 2.32. The first-order valence-electron chi connectivity index (χ1n) is 6.16. The average molecular weight is 212 g/mol. The lowest BCUT2D eigenvalue weighted by Gasteiger charge is -2.39. The Morgan fingerprint density at radius 1 is 1.27 bits per heavy atom. The van der Waals surface area contributed by atoms with Crippen molar-refractivity contribution in [2.24, 2.45) is 5.41 Å². The fourth-order valence-corrected chi connectivity index (χ4v) is 2.51. The minimum atomic E-state index is 0.463. The van der Waals surface area contributed by atoms with Crippen LogP contribution in [0, 0.1) is 5.41 Å². The van der Waals surface area contributed by atoms with Crippen molar-refractivity contribution in [3.8, 4) is 0 Å². The summed E-state index contributed by atoms with van der Waals surface area (Å²) in [5, 5.41) is 3.69. The predicted molar refractivity (Wildman–Crippen MR) is 62.1 cm³/mol. The zero-order valence-electron chi connectivity index (χ0n) is 10.1. The monoisotopic (exact) mass is 212 g/mol. The number of nitrogens with zero attached hydrogens (tertiary/aromatic N) is 1. The molecular formula is C12H24N2O. The van der Waals surface area contributed by atoms with Crippen LogP contribution in [0.1, 0.15) is 25.7 Å². The van der Waals surface area contributed by atoms with E-state index in [4.69, 9.17) is 4.74 Å². The lowest BCUT2D eigenvalue weighted by atomic mass is 9.79. The van der Waals surface area contributed by atoms with Gasteiger partial charge in [-0.15, -0.1) is 0 Å². The van der Waals surface area contributed by atoms with E-state index in [-0.39, 0.29) is 0 Å². The maximum atomic E-state index is 5.48. The zero-order valence-corrected chi connectivity index (χ0v) is 10.1. The van der Waals surface area contributed by atoms with Crippen molar-refractivity contribution in [3.05, 3.63) is 0 Å². The van der Waals surface area contributed by atoms with Gasteiger partial charge in [-0.05, 0) is 45.2 Å². The largest absolute Gasteiger partial charge is 0.381 e. The molecule has 1 saturated carbocycles. The lowest BCUT2D eigenvalue weighted by molar-refractivity contribution is 0.00243. The van der Waals surface area contributed by atoms with Gasteiger partial charge >= 0.3 is 0 Å². The van der Waals surface area contributed by atoms with Crippen LogP contribution in [0.3, 0.4) is 0 Å². The molecule has 15 heavy (non-hydrogen) atoms.